The highest BCUT2D eigenvalue weighted by Crippen LogP contribution is 2.38. The fraction of sp³-hybridized carbons (Fsp3) is 0.227. The van der Waals surface area contributed by atoms with Gasteiger partial charge in [0, 0.05) is 30.2 Å². The third-order valence-corrected chi connectivity index (χ3v) is 12.5. The van der Waals surface area contributed by atoms with Gasteiger partial charge >= 0.3 is 24.3 Å². The van der Waals surface area contributed by atoms with E-state index in [1.165, 1.54) is 35.6 Å². The van der Waals surface area contributed by atoms with Crippen LogP contribution in [0.15, 0.2) is 102 Å². The standard InChI is InChI=1S/C22H19F3O4S.C22H19F3O3S2/c1-13-9-17(7-8-18(13)29-12-21(26)27)28-11-20-14(2)10-19(30-20)15-3-5-16(6-4-15)22(23,24)25;1-13-9-17(7-8-18(13)28-11-21(26)27)29-12-20-14(2)10-19(30-20)15-3-5-16(6-4-15)22(23,24)25/h2*3-10H,11-12H2,1-2H3,(H,26,27). The molecule has 7 nitrogen and oxygen atoms in total. The van der Waals surface area contributed by atoms with Gasteiger partial charge in [-0.25, -0.2) is 9.59 Å². The largest absolute Gasteiger partial charge is 0.488 e. The number of thioether (sulfide) groups is 1. The number of carbonyl (C=O) groups is 2. The lowest BCUT2D eigenvalue weighted by Gasteiger charge is -2.10. The summed E-state index contributed by atoms with van der Waals surface area (Å²) < 4.78 is 92.7. The lowest BCUT2D eigenvalue weighted by molar-refractivity contribution is -0.140. The summed E-state index contributed by atoms with van der Waals surface area (Å²) in [5.74, 6) is 0.280. The normalized spacial score (nSPS) is 11.4. The first-order valence-corrected chi connectivity index (χ1v) is 20.6. The fourth-order valence-electron chi connectivity index (χ4n) is 5.58. The number of alkyl halides is 6. The molecule has 2 N–H and O–H groups in total. The Kier molecular flexibility index (Phi) is 15.0. The molecule has 0 atom stereocenters. The number of thiophene rings is 2. The number of halogens is 6. The van der Waals surface area contributed by atoms with Crippen molar-refractivity contribution in [3.8, 4) is 38.1 Å². The number of carboxylic acids is 2. The monoisotopic (exact) mass is 888 g/mol. The summed E-state index contributed by atoms with van der Waals surface area (Å²) in [7, 11) is 0. The van der Waals surface area contributed by atoms with E-state index in [4.69, 9.17) is 24.4 Å². The number of rotatable bonds is 14. The Labute approximate surface area is 354 Å². The Bertz CT molecular complexity index is 2250. The molecule has 60 heavy (non-hydrogen) atoms. The summed E-state index contributed by atoms with van der Waals surface area (Å²) in [5, 5.41) is 17.4. The van der Waals surface area contributed by atoms with Gasteiger partial charge in [-0.1, -0.05) is 24.3 Å². The maximum Gasteiger partial charge on any atom is 0.416 e. The van der Waals surface area contributed by atoms with E-state index in [-0.39, 0.29) is 6.61 Å². The molecule has 0 saturated heterocycles. The van der Waals surface area contributed by atoms with Gasteiger partial charge in [-0.3, -0.25) is 0 Å². The average molecular weight is 889 g/mol. The SMILES string of the molecule is Cc1cc(OCc2sc(-c3ccc(C(F)(F)F)cc3)cc2C)ccc1OCC(=O)O.Cc1cc(SCc2sc(-c3ccc(C(F)(F)F)cc3)cc2C)ccc1OCC(=O)O. The molecule has 2 aromatic heterocycles. The van der Waals surface area contributed by atoms with Crippen LogP contribution in [0.25, 0.3) is 20.9 Å². The van der Waals surface area contributed by atoms with Crippen LogP contribution in [-0.4, -0.2) is 35.4 Å². The molecule has 0 spiro atoms. The van der Waals surface area contributed by atoms with Crippen molar-refractivity contribution in [3.05, 3.63) is 140 Å². The van der Waals surface area contributed by atoms with Crippen molar-refractivity contribution in [2.45, 2.75) is 57.3 Å². The third kappa shape index (κ3) is 12.8. The fourth-order valence-corrected chi connectivity index (χ4v) is 9.01. The number of ether oxygens (including phenoxy) is 3. The molecule has 6 aromatic rings. The van der Waals surface area contributed by atoms with E-state index < -0.39 is 42.0 Å². The minimum atomic E-state index is -4.35. The molecule has 4 aromatic carbocycles. The smallest absolute Gasteiger partial charge is 0.416 e. The zero-order chi connectivity index (χ0) is 43.8. The molecule has 0 amide bonds. The molecule has 0 unspecified atom stereocenters. The topological polar surface area (TPSA) is 102 Å². The van der Waals surface area contributed by atoms with Gasteiger partial charge in [0.05, 0.1) is 11.1 Å². The molecule has 2 heterocycles. The molecule has 316 valence electrons. The average Bonchev–Trinajstić information content (AvgIpc) is 3.76. The van der Waals surface area contributed by atoms with Crippen LogP contribution in [-0.2, 0) is 34.3 Å². The number of hydrogen-bond donors (Lipinski definition) is 2. The van der Waals surface area contributed by atoms with Gasteiger partial charge in [0.15, 0.2) is 13.2 Å². The number of aliphatic carboxylic acids is 2. The van der Waals surface area contributed by atoms with Gasteiger partial charge in [0.25, 0.3) is 0 Å². The van der Waals surface area contributed by atoms with Crippen LogP contribution in [0, 0.1) is 27.7 Å². The van der Waals surface area contributed by atoms with E-state index >= 15 is 0 Å². The zero-order valence-electron chi connectivity index (χ0n) is 32.5. The number of benzene rings is 4. The quantitative estimate of drug-likeness (QED) is 0.0824. The lowest BCUT2D eigenvalue weighted by atomic mass is 10.1. The highest BCUT2D eigenvalue weighted by molar-refractivity contribution is 7.98. The van der Waals surface area contributed by atoms with E-state index in [9.17, 15) is 35.9 Å². The predicted octanol–water partition coefficient (Wildman–Crippen LogP) is 12.9. The van der Waals surface area contributed by atoms with Gasteiger partial charge in [0.1, 0.15) is 23.9 Å². The summed E-state index contributed by atoms with van der Waals surface area (Å²) >= 11 is 4.68. The Morgan fingerprint density at radius 1 is 0.567 bits per heavy atom. The minimum absolute atomic E-state index is 0.311. The minimum Gasteiger partial charge on any atom is -0.488 e. The van der Waals surface area contributed by atoms with Crippen LogP contribution < -0.4 is 14.2 Å². The molecule has 0 aliphatic carbocycles. The second kappa shape index (κ2) is 19.7. The molecule has 0 radical (unpaired) electrons. The predicted molar refractivity (Wildman–Crippen MR) is 222 cm³/mol. The first-order chi connectivity index (χ1) is 28.3. The molecule has 0 aliphatic rings. The second-order valence-corrected chi connectivity index (χ2v) is 16.7. The van der Waals surface area contributed by atoms with Crippen molar-refractivity contribution in [2.24, 2.45) is 0 Å². The van der Waals surface area contributed by atoms with Crippen molar-refractivity contribution < 1.29 is 60.4 Å². The summed E-state index contributed by atoms with van der Waals surface area (Å²) in [6, 6.07) is 25.0. The second-order valence-electron chi connectivity index (χ2n) is 13.4. The Hall–Kier alpha value is -5.45. The van der Waals surface area contributed by atoms with Crippen LogP contribution in [0.4, 0.5) is 26.3 Å². The highest BCUT2D eigenvalue weighted by Gasteiger charge is 2.31. The Balaban J connectivity index is 0.000000228. The van der Waals surface area contributed by atoms with Gasteiger partial charge in [0.2, 0.25) is 0 Å². The first kappa shape index (κ1) is 45.6. The maximum absolute atomic E-state index is 12.7. The van der Waals surface area contributed by atoms with Crippen molar-refractivity contribution in [2.75, 3.05) is 13.2 Å². The summed E-state index contributed by atoms with van der Waals surface area (Å²) in [6.07, 6.45) is -8.69. The molecular formula is C44H38F6O7S3. The lowest BCUT2D eigenvalue weighted by Crippen LogP contribution is -2.10. The van der Waals surface area contributed by atoms with E-state index in [1.807, 2.05) is 45.0 Å². The van der Waals surface area contributed by atoms with Crippen LogP contribution in [0.1, 0.15) is 43.1 Å². The zero-order valence-corrected chi connectivity index (χ0v) is 34.9. The van der Waals surface area contributed by atoms with Crippen molar-refractivity contribution in [1.82, 2.24) is 0 Å². The van der Waals surface area contributed by atoms with E-state index in [1.54, 1.807) is 54.3 Å². The molecule has 0 saturated carbocycles. The third-order valence-electron chi connectivity index (χ3n) is 8.77. The first-order valence-electron chi connectivity index (χ1n) is 18.0. The summed E-state index contributed by atoms with van der Waals surface area (Å²) in [5.41, 5.74) is 3.86. The van der Waals surface area contributed by atoms with Crippen molar-refractivity contribution in [3.63, 3.8) is 0 Å². The summed E-state index contributed by atoms with van der Waals surface area (Å²) in [4.78, 5) is 26.2. The van der Waals surface area contributed by atoms with Gasteiger partial charge in [-0.15, -0.1) is 34.4 Å². The number of hydrogen-bond acceptors (Lipinski definition) is 8. The number of carboxylic acid groups (broad SMARTS) is 2. The highest BCUT2D eigenvalue weighted by atomic mass is 32.2. The van der Waals surface area contributed by atoms with E-state index in [0.717, 1.165) is 87.8 Å². The number of aryl methyl sites for hydroxylation is 4. The van der Waals surface area contributed by atoms with Crippen LogP contribution >= 0.6 is 34.4 Å². The van der Waals surface area contributed by atoms with Gasteiger partial charge in [-0.05, 0) is 134 Å². The molecule has 0 bridgehead atoms. The molecule has 0 fully saturated rings. The van der Waals surface area contributed by atoms with Crippen LogP contribution in [0.3, 0.4) is 0 Å². The molecule has 6 rings (SSSR count). The summed E-state index contributed by atoms with van der Waals surface area (Å²) in [6.45, 7) is 7.09. The molecular weight excluding hydrogens is 851 g/mol. The Morgan fingerprint density at radius 2 is 1.02 bits per heavy atom. The van der Waals surface area contributed by atoms with E-state index in [0.29, 0.717) is 23.9 Å². The van der Waals surface area contributed by atoms with Crippen LogP contribution in [0.2, 0.25) is 0 Å². The van der Waals surface area contributed by atoms with E-state index in [2.05, 4.69) is 0 Å². The Morgan fingerprint density at radius 3 is 1.47 bits per heavy atom. The maximum atomic E-state index is 12.7. The van der Waals surface area contributed by atoms with Crippen molar-refractivity contribution >= 4 is 46.4 Å². The molecule has 0 aliphatic heterocycles. The van der Waals surface area contributed by atoms with Crippen molar-refractivity contribution in [1.29, 1.82) is 0 Å². The van der Waals surface area contributed by atoms with Crippen LogP contribution in [0.5, 0.6) is 17.2 Å². The van der Waals surface area contributed by atoms with Gasteiger partial charge in [-0.2, -0.15) is 26.3 Å². The van der Waals surface area contributed by atoms with Gasteiger partial charge < -0.3 is 24.4 Å². The molecule has 16 heteroatoms.